The number of nitrogens with zero attached hydrogens (tertiary/aromatic N) is 2. The quantitative estimate of drug-likeness (QED) is 0.762. The van der Waals surface area contributed by atoms with Gasteiger partial charge in [-0.1, -0.05) is 18.2 Å². The van der Waals surface area contributed by atoms with Crippen LogP contribution in [-0.4, -0.2) is 46.4 Å². The van der Waals surface area contributed by atoms with E-state index in [0.29, 0.717) is 24.3 Å². The highest BCUT2D eigenvalue weighted by Crippen LogP contribution is 2.29. The second kappa shape index (κ2) is 7.70. The molecular weight excluding hydrogens is 364 g/mol. The minimum atomic E-state index is -3.54. The fraction of sp³-hybridized carbons (Fsp3) is 0.350. The molecule has 1 aliphatic heterocycles. The largest absolute Gasteiger partial charge is 0.496 e. The van der Waals surface area contributed by atoms with Crippen LogP contribution < -0.4 is 9.64 Å². The van der Waals surface area contributed by atoms with Gasteiger partial charge in [0.1, 0.15) is 5.75 Å². The average molecular weight is 388 g/mol. The zero-order valence-corrected chi connectivity index (χ0v) is 16.6. The summed E-state index contributed by atoms with van der Waals surface area (Å²) in [5.74, 6) is 0.616. The van der Waals surface area contributed by atoms with E-state index in [-0.39, 0.29) is 17.2 Å². The predicted octanol–water partition coefficient (Wildman–Crippen LogP) is 2.47. The van der Waals surface area contributed by atoms with Gasteiger partial charge in [0.25, 0.3) is 0 Å². The lowest BCUT2D eigenvalue weighted by atomic mass is 10.1. The second-order valence-electron chi connectivity index (χ2n) is 6.69. The molecule has 0 saturated heterocycles. The molecule has 7 heteroatoms. The molecule has 0 aliphatic carbocycles. The molecule has 0 atom stereocenters. The van der Waals surface area contributed by atoms with Crippen molar-refractivity contribution >= 4 is 21.6 Å². The van der Waals surface area contributed by atoms with Crippen LogP contribution in [0.15, 0.2) is 47.4 Å². The molecule has 1 aliphatic rings. The van der Waals surface area contributed by atoms with Crippen molar-refractivity contribution in [3.8, 4) is 5.75 Å². The lowest BCUT2D eigenvalue weighted by molar-refractivity contribution is -0.118. The summed E-state index contributed by atoms with van der Waals surface area (Å²) in [5.41, 5.74) is 2.86. The molecule has 0 radical (unpaired) electrons. The molecule has 1 amide bonds. The SMILES string of the molecule is COc1ccc(S(=O)(=O)N(C)C)cc1CCC(=O)N1CCc2ccccc21. The third-order valence-electron chi connectivity index (χ3n) is 4.83. The van der Waals surface area contributed by atoms with Crippen molar-refractivity contribution in [2.45, 2.75) is 24.2 Å². The van der Waals surface area contributed by atoms with Crippen molar-refractivity contribution in [1.82, 2.24) is 4.31 Å². The molecule has 0 aromatic heterocycles. The summed E-state index contributed by atoms with van der Waals surface area (Å²) in [6.07, 6.45) is 1.56. The van der Waals surface area contributed by atoms with E-state index in [4.69, 9.17) is 4.74 Å². The molecular formula is C20H24N2O4S. The Morgan fingerprint density at radius 1 is 1.19 bits per heavy atom. The van der Waals surface area contributed by atoms with Crippen LogP contribution in [0.2, 0.25) is 0 Å². The van der Waals surface area contributed by atoms with Crippen LogP contribution in [0, 0.1) is 0 Å². The summed E-state index contributed by atoms with van der Waals surface area (Å²) in [7, 11) is 0.990. The van der Waals surface area contributed by atoms with E-state index < -0.39 is 10.0 Å². The third-order valence-corrected chi connectivity index (χ3v) is 6.64. The van der Waals surface area contributed by atoms with E-state index >= 15 is 0 Å². The maximum absolute atomic E-state index is 12.7. The van der Waals surface area contributed by atoms with Gasteiger partial charge >= 0.3 is 0 Å². The highest BCUT2D eigenvalue weighted by Gasteiger charge is 2.24. The number of anilines is 1. The van der Waals surface area contributed by atoms with Crippen molar-refractivity contribution in [1.29, 1.82) is 0 Å². The number of hydrogen-bond donors (Lipinski definition) is 0. The number of para-hydroxylation sites is 1. The number of fused-ring (bicyclic) bond motifs is 1. The first-order valence-corrected chi connectivity index (χ1v) is 10.3. The van der Waals surface area contributed by atoms with Gasteiger partial charge in [-0.15, -0.1) is 0 Å². The molecule has 0 fully saturated rings. The summed E-state index contributed by atoms with van der Waals surface area (Å²) in [6, 6.07) is 12.7. The van der Waals surface area contributed by atoms with Crippen molar-refractivity contribution < 1.29 is 17.9 Å². The number of methoxy groups -OCH3 is 1. The smallest absolute Gasteiger partial charge is 0.242 e. The van der Waals surface area contributed by atoms with Gasteiger partial charge in [0.2, 0.25) is 15.9 Å². The summed E-state index contributed by atoms with van der Waals surface area (Å²) >= 11 is 0. The number of benzene rings is 2. The van der Waals surface area contributed by atoms with Gasteiger partial charge in [-0.25, -0.2) is 12.7 Å². The average Bonchev–Trinajstić information content (AvgIpc) is 3.10. The standard InChI is InChI=1S/C20H24N2O4S/c1-21(2)27(24,25)17-9-10-19(26-3)16(14-17)8-11-20(23)22-13-12-15-6-4-5-7-18(15)22/h4-7,9-10,14H,8,11-13H2,1-3H3. The van der Waals surface area contributed by atoms with Crippen LogP contribution in [0.5, 0.6) is 5.75 Å². The number of sulfonamides is 1. The molecule has 27 heavy (non-hydrogen) atoms. The first kappa shape index (κ1) is 19.4. The lowest BCUT2D eigenvalue weighted by Gasteiger charge is -2.18. The van der Waals surface area contributed by atoms with Crippen LogP contribution in [0.3, 0.4) is 0 Å². The first-order chi connectivity index (χ1) is 12.8. The Kier molecular flexibility index (Phi) is 5.53. The molecule has 0 saturated carbocycles. The number of carbonyl (C=O) groups excluding carboxylic acids is 1. The van der Waals surface area contributed by atoms with Crippen LogP contribution in [0.4, 0.5) is 5.69 Å². The number of rotatable bonds is 6. The molecule has 2 aromatic carbocycles. The number of amides is 1. The molecule has 0 spiro atoms. The molecule has 144 valence electrons. The van der Waals surface area contributed by atoms with Gasteiger partial charge in [-0.05, 0) is 48.2 Å². The van der Waals surface area contributed by atoms with Crippen LogP contribution in [0.1, 0.15) is 17.5 Å². The molecule has 0 bridgehead atoms. The predicted molar refractivity (Wildman–Crippen MR) is 105 cm³/mol. The van der Waals surface area contributed by atoms with Gasteiger partial charge in [0.05, 0.1) is 12.0 Å². The molecule has 6 nitrogen and oxygen atoms in total. The van der Waals surface area contributed by atoms with Gasteiger partial charge in [0.15, 0.2) is 0 Å². The Hall–Kier alpha value is -2.38. The Labute approximate surface area is 160 Å². The summed E-state index contributed by atoms with van der Waals surface area (Å²) in [4.78, 5) is 14.7. The fourth-order valence-electron chi connectivity index (χ4n) is 3.30. The van der Waals surface area contributed by atoms with Gasteiger partial charge in [-0.3, -0.25) is 4.79 Å². The zero-order chi connectivity index (χ0) is 19.6. The normalized spacial score (nSPS) is 13.7. The van der Waals surface area contributed by atoms with E-state index in [2.05, 4.69) is 0 Å². The van der Waals surface area contributed by atoms with Crippen LogP contribution in [0.25, 0.3) is 0 Å². The lowest BCUT2D eigenvalue weighted by Crippen LogP contribution is -2.29. The fourth-order valence-corrected chi connectivity index (χ4v) is 4.25. The van der Waals surface area contributed by atoms with Crippen molar-refractivity contribution in [3.63, 3.8) is 0 Å². The van der Waals surface area contributed by atoms with Crippen molar-refractivity contribution in [2.75, 3.05) is 32.6 Å². The highest BCUT2D eigenvalue weighted by molar-refractivity contribution is 7.89. The number of aryl methyl sites for hydroxylation is 1. The van der Waals surface area contributed by atoms with Crippen LogP contribution in [-0.2, 0) is 27.7 Å². The van der Waals surface area contributed by atoms with Gasteiger partial charge in [0, 0.05) is 32.7 Å². The second-order valence-corrected chi connectivity index (χ2v) is 8.84. The first-order valence-electron chi connectivity index (χ1n) is 8.82. The topological polar surface area (TPSA) is 66.9 Å². The summed E-state index contributed by atoms with van der Waals surface area (Å²) in [5, 5.41) is 0. The molecule has 0 N–H and O–H groups in total. The number of carbonyl (C=O) groups is 1. The number of ether oxygens (including phenoxy) is 1. The van der Waals surface area contributed by atoms with Crippen molar-refractivity contribution in [3.05, 3.63) is 53.6 Å². The Balaban J connectivity index is 1.78. The van der Waals surface area contributed by atoms with E-state index in [1.165, 1.54) is 37.1 Å². The van der Waals surface area contributed by atoms with Gasteiger partial charge in [-0.2, -0.15) is 0 Å². The Morgan fingerprint density at radius 3 is 2.63 bits per heavy atom. The van der Waals surface area contributed by atoms with Crippen molar-refractivity contribution in [2.24, 2.45) is 0 Å². The molecule has 1 heterocycles. The monoisotopic (exact) mass is 388 g/mol. The Bertz CT molecular complexity index is 954. The highest BCUT2D eigenvalue weighted by atomic mass is 32.2. The maximum Gasteiger partial charge on any atom is 0.242 e. The summed E-state index contributed by atoms with van der Waals surface area (Å²) < 4.78 is 31.3. The van der Waals surface area contributed by atoms with Gasteiger partial charge < -0.3 is 9.64 Å². The summed E-state index contributed by atoms with van der Waals surface area (Å²) in [6.45, 7) is 0.685. The minimum Gasteiger partial charge on any atom is -0.496 e. The molecule has 3 rings (SSSR count). The van der Waals surface area contributed by atoms with E-state index in [9.17, 15) is 13.2 Å². The molecule has 2 aromatic rings. The Morgan fingerprint density at radius 2 is 1.93 bits per heavy atom. The van der Waals surface area contributed by atoms with E-state index in [1.807, 2.05) is 29.2 Å². The van der Waals surface area contributed by atoms with E-state index in [0.717, 1.165) is 12.1 Å². The maximum atomic E-state index is 12.7. The zero-order valence-electron chi connectivity index (χ0n) is 15.8. The number of hydrogen-bond acceptors (Lipinski definition) is 4. The van der Waals surface area contributed by atoms with E-state index in [1.54, 1.807) is 12.1 Å². The minimum absolute atomic E-state index is 0.0304. The third kappa shape index (κ3) is 3.84. The van der Waals surface area contributed by atoms with Crippen LogP contribution >= 0.6 is 0 Å². The molecule has 0 unspecified atom stereocenters.